The van der Waals surface area contributed by atoms with Crippen LogP contribution in [0.3, 0.4) is 0 Å². The molecule has 0 aromatic rings. The van der Waals surface area contributed by atoms with Gasteiger partial charge in [0, 0.05) is 20.5 Å². The Labute approximate surface area is 113 Å². The van der Waals surface area contributed by atoms with Crippen LogP contribution in [0.2, 0.25) is 0 Å². The van der Waals surface area contributed by atoms with Gasteiger partial charge in [0.25, 0.3) is 0 Å². The van der Waals surface area contributed by atoms with Gasteiger partial charge < -0.3 is 18.9 Å². The standard InChI is InChI=1S/C13H22O6/c1-4-5-6-16-13-11(7-17-9(2)14)18-8-12(13)19-10(3)15/h11-13H,4-8H2,1-3H3/t11-,12+,13+/m1/s1. The van der Waals surface area contributed by atoms with Crippen molar-refractivity contribution in [3.8, 4) is 0 Å². The van der Waals surface area contributed by atoms with Gasteiger partial charge in [0.05, 0.1) is 6.61 Å². The molecule has 1 rings (SSSR count). The second-order valence-electron chi connectivity index (χ2n) is 4.51. The summed E-state index contributed by atoms with van der Waals surface area (Å²) < 4.78 is 21.3. The van der Waals surface area contributed by atoms with Crippen molar-refractivity contribution in [2.24, 2.45) is 0 Å². The van der Waals surface area contributed by atoms with Crippen molar-refractivity contribution in [2.45, 2.75) is 51.9 Å². The molecule has 1 heterocycles. The maximum absolute atomic E-state index is 11.0. The summed E-state index contributed by atoms with van der Waals surface area (Å²) in [7, 11) is 0. The van der Waals surface area contributed by atoms with Gasteiger partial charge in [-0.05, 0) is 6.42 Å². The Morgan fingerprint density at radius 3 is 2.58 bits per heavy atom. The fraction of sp³-hybridized carbons (Fsp3) is 0.846. The molecule has 1 aliphatic rings. The van der Waals surface area contributed by atoms with Crippen molar-refractivity contribution in [2.75, 3.05) is 19.8 Å². The molecule has 0 aromatic heterocycles. The van der Waals surface area contributed by atoms with Gasteiger partial charge in [-0.2, -0.15) is 0 Å². The number of carbonyl (C=O) groups is 2. The summed E-state index contributed by atoms with van der Waals surface area (Å²) in [5, 5.41) is 0. The van der Waals surface area contributed by atoms with E-state index >= 15 is 0 Å². The maximum atomic E-state index is 11.0. The van der Waals surface area contributed by atoms with E-state index in [2.05, 4.69) is 6.92 Å². The lowest BCUT2D eigenvalue weighted by atomic mass is 10.1. The lowest BCUT2D eigenvalue weighted by Gasteiger charge is -2.22. The third-order valence-corrected chi connectivity index (χ3v) is 2.78. The monoisotopic (exact) mass is 274 g/mol. The van der Waals surface area contributed by atoms with Crippen LogP contribution >= 0.6 is 0 Å². The van der Waals surface area contributed by atoms with Crippen molar-refractivity contribution >= 4 is 11.9 Å². The normalized spacial score (nSPS) is 26.2. The van der Waals surface area contributed by atoms with Crippen LogP contribution in [0.25, 0.3) is 0 Å². The minimum absolute atomic E-state index is 0.115. The van der Waals surface area contributed by atoms with E-state index in [0.717, 1.165) is 12.8 Å². The predicted octanol–water partition coefficient (Wildman–Crippen LogP) is 1.07. The Morgan fingerprint density at radius 1 is 1.26 bits per heavy atom. The van der Waals surface area contributed by atoms with E-state index in [-0.39, 0.29) is 37.4 Å². The largest absolute Gasteiger partial charge is 0.463 e. The number of carbonyl (C=O) groups excluding carboxylic acids is 2. The van der Waals surface area contributed by atoms with Crippen LogP contribution in [-0.2, 0) is 28.5 Å². The van der Waals surface area contributed by atoms with Gasteiger partial charge in [-0.25, -0.2) is 0 Å². The summed E-state index contributed by atoms with van der Waals surface area (Å²) in [6.07, 6.45) is 0.735. The molecule has 6 nitrogen and oxygen atoms in total. The van der Waals surface area contributed by atoms with Crippen molar-refractivity contribution in [3.63, 3.8) is 0 Å². The van der Waals surface area contributed by atoms with Gasteiger partial charge in [-0.1, -0.05) is 13.3 Å². The van der Waals surface area contributed by atoms with E-state index in [1.165, 1.54) is 13.8 Å². The Hall–Kier alpha value is -1.14. The highest BCUT2D eigenvalue weighted by Gasteiger charge is 2.40. The van der Waals surface area contributed by atoms with Crippen molar-refractivity contribution < 1.29 is 28.5 Å². The molecule has 0 bridgehead atoms. The molecular formula is C13H22O6. The van der Waals surface area contributed by atoms with Crippen molar-refractivity contribution in [3.05, 3.63) is 0 Å². The minimum atomic E-state index is -0.435. The summed E-state index contributed by atoms with van der Waals surface area (Å²) in [5.74, 6) is -0.738. The molecule has 1 aliphatic heterocycles. The van der Waals surface area contributed by atoms with Crippen LogP contribution in [0, 0.1) is 0 Å². The van der Waals surface area contributed by atoms with E-state index in [0.29, 0.717) is 6.61 Å². The fourth-order valence-electron chi connectivity index (χ4n) is 1.88. The number of unbranched alkanes of at least 4 members (excludes halogenated alkanes) is 1. The average molecular weight is 274 g/mol. The lowest BCUT2D eigenvalue weighted by molar-refractivity contribution is -0.154. The third-order valence-electron chi connectivity index (χ3n) is 2.78. The van der Waals surface area contributed by atoms with Gasteiger partial charge in [0.15, 0.2) is 6.10 Å². The van der Waals surface area contributed by atoms with Crippen LogP contribution in [0.4, 0.5) is 0 Å². The van der Waals surface area contributed by atoms with Gasteiger partial charge in [0.2, 0.25) is 0 Å². The number of hydrogen-bond donors (Lipinski definition) is 0. The molecule has 19 heavy (non-hydrogen) atoms. The van der Waals surface area contributed by atoms with E-state index in [1.54, 1.807) is 0 Å². The van der Waals surface area contributed by atoms with Crippen LogP contribution in [0.15, 0.2) is 0 Å². The number of esters is 2. The van der Waals surface area contributed by atoms with E-state index in [9.17, 15) is 9.59 Å². The van der Waals surface area contributed by atoms with Crippen LogP contribution < -0.4 is 0 Å². The SMILES string of the molecule is CCCCO[C@@H]1[C@@H](OC(C)=O)CO[C@@H]1COC(C)=O. The number of rotatable bonds is 7. The highest BCUT2D eigenvalue weighted by Crippen LogP contribution is 2.21. The molecule has 110 valence electrons. The van der Waals surface area contributed by atoms with Gasteiger partial charge >= 0.3 is 11.9 Å². The smallest absolute Gasteiger partial charge is 0.303 e. The number of hydrogen-bond acceptors (Lipinski definition) is 6. The Bertz CT molecular complexity index is 304. The highest BCUT2D eigenvalue weighted by molar-refractivity contribution is 5.66. The molecule has 0 saturated carbocycles. The topological polar surface area (TPSA) is 71.1 Å². The summed E-state index contributed by atoms with van der Waals surface area (Å²) >= 11 is 0. The first-order chi connectivity index (χ1) is 9.04. The third kappa shape index (κ3) is 5.57. The highest BCUT2D eigenvalue weighted by atomic mass is 16.6. The Morgan fingerprint density at radius 2 is 2.00 bits per heavy atom. The zero-order chi connectivity index (χ0) is 14.3. The molecule has 0 aromatic carbocycles. The van der Waals surface area contributed by atoms with E-state index in [4.69, 9.17) is 18.9 Å². The first-order valence-corrected chi connectivity index (χ1v) is 6.58. The summed E-state index contributed by atoms with van der Waals surface area (Å²) in [6, 6.07) is 0. The molecule has 0 unspecified atom stereocenters. The molecule has 0 amide bonds. The van der Waals surface area contributed by atoms with Gasteiger partial charge in [0.1, 0.15) is 18.8 Å². The molecule has 0 N–H and O–H groups in total. The average Bonchev–Trinajstić information content (AvgIpc) is 2.69. The predicted molar refractivity (Wildman–Crippen MR) is 66.6 cm³/mol. The Kier molecular flexibility index (Phi) is 6.80. The molecule has 0 spiro atoms. The fourth-order valence-corrected chi connectivity index (χ4v) is 1.88. The zero-order valence-corrected chi connectivity index (χ0v) is 11.7. The van der Waals surface area contributed by atoms with Gasteiger partial charge in [-0.3, -0.25) is 9.59 Å². The molecule has 3 atom stereocenters. The zero-order valence-electron chi connectivity index (χ0n) is 11.7. The Balaban J connectivity index is 2.52. The van der Waals surface area contributed by atoms with Crippen LogP contribution in [0.5, 0.6) is 0 Å². The molecule has 6 heteroatoms. The molecule has 1 fully saturated rings. The van der Waals surface area contributed by atoms with Gasteiger partial charge in [-0.15, -0.1) is 0 Å². The second-order valence-corrected chi connectivity index (χ2v) is 4.51. The van der Waals surface area contributed by atoms with Crippen molar-refractivity contribution in [1.82, 2.24) is 0 Å². The summed E-state index contributed by atoms with van der Waals surface area (Å²) in [4.78, 5) is 21.9. The molecule has 0 aliphatic carbocycles. The minimum Gasteiger partial charge on any atom is -0.463 e. The van der Waals surface area contributed by atoms with Crippen molar-refractivity contribution in [1.29, 1.82) is 0 Å². The van der Waals surface area contributed by atoms with Crippen LogP contribution in [-0.4, -0.2) is 50.1 Å². The summed E-state index contributed by atoms with van der Waals surface area (Å²) in [6.45, 7) is 5.70. The molecular weight excluding hydrogens is 252 g/mol. The first-order valence-electron chi connectivity index (χ1n) is 6.58. The molecule has 0 radical (unpaired) electrons. The second kappa shape index (κ2) is 8.12. The quantitative estimate of drug-likeness (QED) is 0.511. The lowest BCUT2D eigenvalue weighted by Crippen LogP contribution is -2.38. The van der Waals surface area contributed by atoms with E-state index < -0.39 is 6.10 Å². The first kappa shape index (κ1) is 15.9. The summed E-state index contributed by atoms with van der Waals surface area (Å²) in [5.41, 5.74) is 0. The van der Waals surface area contributed by atoms with E-state index in [1.807, 2.05) is 0 Å². The number of ether oxygens (including phenoxy) is 4. The van der Waals surface area contributed by atoms with Crippen LogP contribution in [0.1, 0.15) is 33.6 Å². The molecule has 1 saturated heterocycles. The maximum Gasteiger partial charge on any atom is 0.303 e.